The molecule has 1 aliphatic heterocycles. The average molecular weight is 380 g/mol. The molecule has 140 valence electrons. The summed E-state index contributed by atoms with van der Waals surface area (Å²) in [6.07, 6.45) is 0. The van der Waals surface area contributed by atoms with Crippen molar-refractivity contribution < 1.29 is 9.31 Å². The highest BCUT2D eigenvalue weighted by Gasteiger charge is 2.52. The molecule has 0 saturated carbocycles. The minimum atomic E-state index is -1.85. The van der Waals surface area contributed by atoms with Crippen molar-refractivity contribution in [3.05, 3.63) is 24.3 Å². The Hall–Kier alpha value is -0.145. The fraction of sp³-hybridized carbons (Fsp3) is 0.700. The highest BCUT2D eigenvalue weighted by atomic mass is 32.4. The molecular formula is C20H34BO2PS. The van der Waals surface area contributed by atoms with E-state index < -0.39 is 6.04 Å². The van der Waals surface area contributed by atoms with Crippen LogP contribution in [-0.4, -0.2) is 28.6 Å². The molecule has 5 heteroatoms. The van der Waals surface area contributed by atoms with Crippen molar-refractivity contribution in [2.75, 3.05) is 0 Å². The molecule has 0 aromatic heterocycles. The fourth-order valence-electron chi connectivity index (χ4n) is 3.63. The summed E-state index contributed by atoms with van der Waals surface area (Å²) in [7, 11) is -0.340. The molecule has 1 aliphatic rings. The van der Waals surface area contributed by atoms with Crippen LogP contribution in [0.5, 0.6) is 0 Å². The first-order chi connectivity index (χ1) is 11.0. The summed E-state index contributed by atoms with van der Waals surface area (Å²) in [5.74, 6) is 0. The summed E-state index contributed by atoms with van der Waals surface area (Å²) >= 11 is 6.40. The molecule has 0 radical (unpaired) electrons. The van der Waals surface area contributed by atoms with Gasteiger partial charge in [0, 0.05) is 0 Å². The van der Waals surface area contributed by atoms with Gasteiger partial charge in [0.2, 0.25) is 0 Å². The molecule has 1 saturated heterocycles. The van der Waals surface area contributed by atoms with E-state index in [2.05, 4.69) is 93.5 Å². The Balaban J connectivity index is 2.52. The summed E-state index contributed by atoms with van der Waals surface area (Å²) in [5, 5.41) is 1.37. The van der Waals surface area contributed by atoms with E-state index in [0.29, 0.717) is 0 Å². The van der Waals surface area contributed by atoms with Gasteiger partial charge in [0.25, 0.3) is 0 Å². The molecule has 1 aromatic carbocycles. The van der Waals surface area contributed by atoms with E-state index in [1.54, 1.807) is 0 Å². The Labute approximate surface area is 160 Å². The zero-order chi connectivity index (χ0) is 19.5. The van der Waals surface area contributed by atoms with E-state index in [1.165, 1.54) is 5.30 Å². The first-order valence-corrected chi connectivity index (χ1v) is 11.9. The van der Waals surface area contributed by atoms with Crippen LogP contribution >= 0.6 is 6.04 Å². The molecular weight excluding hydrogens is 346 g/mol. The molecule has 25 heavy (non-hydrogen) atoms. The molecule has 0 amide bonds. The zero-order valence-corrected chi connectivity index (χ0v) is 19.3. The molecule has 0 N–H and O–H groups in total. The van der Waals surface area contributed by atoms with Gasteiger partial charge in [-0.1, -0.05) is 77.6 Å². The predicted octanol–water partition coefficient (Wildman–Crippen LogP) is 4.69. The Bertz CT molecular complexity index is 664. The monoisotopic (exact) mass is 380 g/mol. The van der Waals surface area contributed by atoms with Gasteiger partial charge in [-0.2, -0.15) is 0 Å². The van der Waals surface area contributed by atoms with Crippen LogP contribution < -0.4 is 10.8 Å². The Kier molecular flexibility index (Phi) is 5.24. The molecule has 0 aliphatic carbocycles. The van der Waals surface area contributed by atoms with Gasteiger partial charge in [-0.05, 0) is 54.8 Å². The van der Waals surface area contributed by atoms with E-state index in [9.17, 15) is 0 Å². The summed E-state index contributed by atoms with van der Waals surface area (Å²) in [6, 6.07) is 6.79. The van der Waals surface area contributed by atoms with Gasteiger partial charge in [-0.3, -0.25) is 0 Å². The third-order valence-electron chi connectivity index (χ3n) is 5.65. The van der Waals surface area contributed by atoms with Crippen LogP contribution in [0.2, 0.25) is 0 Å². The highest BCUT2D eigenvalue weighted by molar-refractivity contribution is 8.19. The molecule has 1 heterocycles. The van der Waals surface area contributed by atoms with Gasteiger partial charge in [0.1, 0.15) is 0 Å². The first kappa shape index (κ1) is 21.2. The maximum absolute atomic E-state index is 6.40. The van der Waals surface area contributed by atoms with Gasteiger partial charge in [-0.25, -0.2) is 0 Å². The van der Waals surface area contributed by atoms with Gasteiger partial charge < -0.3 is 9.31 Å². The number of benzene rings is 1. The maximum atomic E-state index is 6.40. The second-order valence-corrected chi connectivity index (χ2v) is 16.2. The summed E-state index contributed by atoms with van der Waals surface area (Å²) in [6.45, 7) is 22.0. The quantitative estimate of drug-likeness (QED) is 0.548. The van der Waals surface area contributed by atoms with Gasteiger partial charge in [0.15, 0.2) is 0 Å². The first-order valence-electron chi connectivity index (χ1n) is 9.09. The normalized spacial score (nSPS) is 20.8. The molecule has 2 nitrogen and oxygen atoms in total. The Morgan fingerprint density at radius 3 is 1.72 bits per heavy atom. The van der Waals surface area contributed by atoms with Gasteiger partial charge in [-0.15, -0.1) is 0 Å². The lowest BCUT2D eigenvalue weighted by atomic mass is 9.79. The smallest absolute Gasteiger partial charge is 0.399 e. The predicted molar refractivity (Wildman–Crippen MR) is 116 cm³/mol. The average Bonchev–Trinajstić information content (AvgIpc) is 2.64. The van der Waals surface area contributed by atoms with Crippen LogP contribution in [0.3, 0.4) is 0 Å². The lowest BCUT2D eigenvalue weighted by Crippen LogP contribution is -2.41. The Morgan fingerprint density at radius 2 is 1.32 bits per heavy atom. The summed E-state index contributed by atoms with van der Waals surface area (Å²) < 4.78 is 12.5. The lowest BCUT2D eigenvalue weighted by Gasteiger charge is -2.45. The van der Waals surface area contributed by atoms with Crippen LogP contribution in [-0.2, 0) is 21.1 Å². The maximum Gasteiger partial charge on any atom is 0.494 e. The number of rotatable bonds is 2. The Morgan fingerprint density at radius 1 is 0.880 bits per heavy atom. The lowest BCUT2D eigenvalue weighted by molar-refractivity contribution is 0.00578. The SMILES string of the molecule is CC1(C)OB(c2cccc(P(=S)(C(C)(C)C)C(C)(C)C)c2)OC1(C)C. The van der Waals surface area contributed by atoms with E-state index in [1.807, 2.05) is 0 Å². The molecule has 1 fully saturated rings. The molecule has 0 unspecified atom stereocenters. The molecule has 1 aromatic rings. The molecule has 0 bridgehead atoms. The van der Waals surface area contributed by atoms with Crippen LogP contribution in [0, 0.1) is 0 Å². The van der Waals surface area contributed by atoms with Crippen molar-refractivity contribution in [2.45, 2.75) is 90.8 Å². The minimum Gasteiger partial charge on any atom is -0.399 e. The standard InChI is InChI=1S/C20H34BO2PS/c1-17(2,3)24(25,18(4,5)6)16-13-11-12-15(14-16)21-22-19(7,8)20(9,10)23-21/h11-14H,1-10H3. The van der Waals surface area contributed by atoms with Crippen molar-refractivity contribution in [1.82, 2.24) is 0 Å². The highest BCUT2D eigenvalue weighted by Crippen LogP contribution is 2.65. The van der Waals surface area contributed by atoms with Crippen molar-refractivity contribution in [2.24, 2.45) is 0 Å². The molecule has 0 atom stereocenters. The van der Waals surface area contributed by atoms with Crippen LogP contribution in [0.1, 0.15) is 69.2 Å². The zero-order valence-electron chi connectivity index (χ0n) is 17.6. The number of hydrogen-bond donors (Lipinski definition) is 0. The van der Waals surface area contributed by atoms with Crippen LogP contribution in [0.25, 0.3) is 0 Å². The molecule has 2 rings (SSSR count). The van der Waals surface area contributed by atoms with Crippen LogP contribution in [0.15, 0.2) is 24.3 Å². The topological polar surface area (TPSA) is 18.5 Å². The minimum absolute atomic E-state index is 0.0507. The van der Waals surface area contributed by atoms with Crippen LogP contribution in [0.4, 0.5) is 0 Å². The van der Waals surface area contributed by atoms with E-state index in [-0.39, 0.29) is 28.6 Å². The second-order valence-electron chi connectivity index (χ2n) is 10.1. The van der Waals surface area contributed by atoms with E-state index in [4.69, 9.17) is 21.1 Å². The van der Waals surface area contributed by atoms with Crippen molar-refractivity contribution >= 4 is 35.7 Å². The van der Waals surface area contributed by atoms with Crippen molar-refractivity contribution in [3.63, 3.8) is 0 Å². The van der Waals surface area contributed by atoms with E-state index >= 15 is 0 Å². The second kappa shape index (κ2) is 6.19. The third kappa shape index (κ3) is 3.52. The fourth-order valence-corrected chi connectivity index (χ4v) is 8.16. The van der Waals surface area contributed by atoms with Gasteiger partial charge in [0.05, 0.1) is 11.2 Å². The summed E-state index contributed by atoms with van der Waals surface area (Å²) in [4.78, 5) is 0. The molecule has 0 spiro atoms. The van der Waals surface area contributed by atoms with Crippen molar-refractivity contribution in [1.29, 1.82) is 0 Å². The largest absolute Gasteiger partial charge is 0.494 e. The van der Waals surface area contributed by atoms with Gasteiger partial charge >= 0.3 is 7.12 Å². The van der Waals surface area contributed by atoms with E-state index in [0.717, 1.165) is 5.46 Å². The third-order valence-corrected chi connectivity index (χ3v) is 14.4. The van der Waals surface area contributed by atoms with Crippen molar-refractivity contribution in [3.8, 4) is 0 Å². The number of hydrogen-bond acceptors (Lipinski definition) is 3. The summed E-state index contributed by atoms with van der Waals surface area (Å²) in [5.41, 5.74) is 0.406.